The summed E-state index contributed by atoms with van der Waals surface area (Å²) in [5, 5.41) is 6.68. The summed E-state index contributed by atoms with van der Waals surface area (Å²) < 4.78 is 27.2. The third kappa shape index (κ3) is 5.49. The smallest absolute Gasteiger partial charge is 0.264 e. The molecular formula is C20H21N5O2S2. The lowest BCUT2D eigenvalue weighted by Gasteiger charge is -2.16. The van der Waals surface area contributed by atoms with Gasteiger partial charge in [0.15, 0.2) is 5.11 Å². The van der Waals surface area contributed by atoms with Gasteiger partial charge in [-0.15, -0.1) is 0 Å². The molecule has 0 fully saturated rings. The average molecular weight is 428 g/mol. The first-order chi connectivity index (χ1) is 13.8. The summed E-state index contributed by atoms with van der Waals surface area (Å²) in [7, 11) is -3.77. The molecule has 7 nitrogen and oxygen atoms in total. The van der Waals surface area contributed by atoms with Crippen LogP contribution in [0.4, 0.5) is 17.3 Å². The molecule has 0 aliphatic carbocycles. The van der Waals surface area contributed by atoms with Gasteiger partial charge in [-0.1, -0.05) is 32.0 Å². The van der Waals surface area contributed by atoms with E-state index in [0.29, 0.717) is 16.7 Å². The van der Waals surface area contributed by atoms with E-state index in [4.69, 9.17) is 12.2 Å². The molecule has 0 bridgehead atoms. The predicted octanol–water partition coefficient (Wildman–Crippen LogP) is 4.21. The molecule has 3 rings (SSSR count). The Balaban J connectivity index is 1.67. The van der Waals surface area contributed by atoms with Crippen molar-refractivity contribution in [3.05, 3.63) is 72.6 Å². The van der Waals surface area contributed by atoms with E-state index in [2.05, 4.69) is 45.2 Å². The van der Waals surface area contributed by atoms with E-state index in [-0.39, 0.29) is 10.8 Å². The van der Waals surface area contributed by atoms with Crippen LogP contribution in [0.5, 0.6) is 0 Å². The largest absolute Gasteiger partial charge is 0.332 e. The summed E-state index contributed by atoms with van der Waals surface area (Å²) in [6, 6.07) is 15.8. The minimum absolute atomic E-state index is 0.0175. The zero-order valence-corrected chi connectivity index (χ0v) is 17.6. The topological polar surface area (TPSA) is 96.0 Å². The molecule has 0 saturated carbocycles. The highest BCUT2D eigenvalue weighted by atomic mass is 32.2. The molecular weight excluding hydrogens is 406 g/mol. The fraction of sp³-hybridized carbons (Fsp3) is 0.150. The highest BCUT2D eigenvalue weighted by Crippen LogP contribution is 2.24. The van der Waals surface area contributed by atoms with E-state index in [1.807, 2.05) is 18.2 Å². The Kier molecular flexibility index (Phi) is 6.40. The van der Waals surface area contributed by atoms with Crippen LogP contribution in [0.3, 0.4) is 0 Å². The third-order valence-corrected chi connectivity index (χ3v) is 5.59. The second-order valence-corrected chi connectivity index (χ2v) is 8.61. The van der Waals surface area contributed by atoms with Gasteiger partial charge in [0.1, 0.15) is 0 Å². The minimum Gasteiger partial charge on any atom is -0.332 e. The Bertz CT molecular complexity index is 1090. The van der Waals surface area contributed by atoms with Gasteiger partial charge in [0.2, 0.25) is 5.95 Å². The van der Waals surface area contributed by atoms with Gasteiger partial charge < -0.3 is 10.6 Å². The number of hydrogen-bond donors (Lipinski definition) is 3. The summed E-state index contributed by atoms with van der Waals surface area (Å²) in [6.07, 6.45) is 2.92. The van der Waals surface area contributed by atoms with Gasteiger partial charge in [-0.3, -0.25) is 0 Å². The van der Waals surface area contributed by atoms with Gasteiger partial charge in [0.25, 0.3) is 10.0 Å². The van der Waals surface area contributed by atoms with Crippen molar-refractivity contribution in [2.45, 2.75) is 24.7 Å². The molecule has 9 heteroatoms. The van der Waals surface area contributed by atoms with Gasteiger partial charge in [0, 0.05) is 23.8 Å². The predicted molar refractivity (Wildman–Crippen MR) is 120 cm³/mol. The van der Waals surface area contributed by atoms with E-state index in [1.165, 1.54) is 24.5 Å². The SMILES string of the molecule is CC(C)c1ccccc1NC(=S)Nc1ccc(S(=O)(=O)Nc2ncccn2)cc1. The maximum atomic E-state index is 12.4. The molecule has 1 heterocycles. The fourth-order valence-electron chi connectivity index (χ4n) is 2.65. The summed E-state index contributed by atoms with van der Waals surface area (Å²) in [5.74, 6) is 0.371. The monoisotopic (exact) mass is 427 g/mol. The second-order valence-electron chi connectivity index (χ2n) is 6.52. The zero-order valence-electron chi connectivity index (χ0n) is 16.0. The standard InChI is InChI=1S/C20H21N5O2S2/c1-14(2)17-6-3-4-7-18(17)24-20(28)23-15-8-10-16(11-9-15)29(26,27)25-19-21-12-5-13-22-19/h3-14H,1-2H3,(H,21,22,25)(H2,23,24,28). The Morgan fingerprint density at radius 3 is 2.24 bits per heavy atom. The van der Waals surface area contributed by atoms with Gasteiger partial charge in [-0.2, -0.15) is 0 Å². The van der Waals surface area contributed by atoms with Crippen molar-refractivity contribution in [1.29, 1.82) is 0 Å². The van der Waals surface area contributed by atoms with Crippen molar-refractivity contribution < 1.29 is 8.42 Å². The number of benzene rings is 2. The Morgan fingerprint density at radius 1 is 0.931 bits per heavy atom. The van der Waals surface area contributed by atoms with Crippen LogP contribution in [0.2, 0.25) is 0 Å². The molecule has 1 aromatic heterocycles. The number of sulfonamides is 1. The highest BCUT2D eigenvalue weighted by molar-refractivity contribution is 7.92. The first-order valence-corrected chi connectivity index (χ1v) is 10.8. The van der Waals surface area contributed by atoms with Crippen LogP contribution < -0.4 is 15.4 Å². The number of rotatable bonds is 6. The van der Waals surface area contributed by atoms with E-state index in [9.17, 15) is 8.42 Å². The maximum Gasteiger partial charge on any atom is 0.264 e. The summed E-state index contributed by atoms with van der Waals surface area (Å²) in [5.41, 5.74) is 2.76. The minimum atomic E-state index is -3.77. The second kappa shape index (κ2) is 8.97. The van der Waals surface area contributed by atoms with E-state index < -0.39 is 10.0 Å². The number of hydrogen-bond acceptors (Lipinski definition) is 5. The quantitative estimate of drug-likeness (QED) is 0.507. The van der Waals surface area contributed by atoms with Crippen LogP contribution in [0.1, 0.15) is 25.3 Å². The van der Waals surface area contributed by atoms with Crippen LogP contribution in [-0.2, 0) is 10.0 Å². The molecule has 0 aliphatic rings. The molecule has 2 aromatic carbocycles. The molecule has 0 aliphatic heterocycles. The van der Waals surface area contributed by atoms with Crippen LogP contribution >= 0.6 is 12.2 Å². The Labute approximate surface area is 175 Å². The lowest BCUT2D eigenvalue weighted by atomic mass is 10.0. The van der Waals surface area contributed by atoms with Gasteiger partial charge in [-0.25, -0.2) is 23.1 Å². The van der Waals surface area contributed by atoms with Gasteiger partial charge in [0.05, 0.1) is 4.90 Å². The van der Waals surface area contributed by atoms with Crippen molar-refractivity contribution in [3.63, 3.8) is 0 Å². The number of nitrogens with zero attached hydrogens (tertiary/aromatic N) is 2. The molecule has 150 valence electrons. The molecule has 3 aromatic rings. The molecule has 3 N–H and O–H groups in total. The van der Waals surface area contributed by atoms with Crippen molar-refractivity contribution in [2.75, 3.05) is 15.4 Å². The first kappa shape index (κ1) is 20.7. The Morgan fingerprint density at radius 2 is 1.59 bits per heavy atom. The van der Waals surface area contributed by atoms with Crippen LogP contribution in [0.15, 0.2) is 71.9 Å². The Hall–Kier alpha value is -3.04. The molecule has 0 spiro atoms. The third-order valence-electron chi connectivity index (χ3n) is 4.04. The average Bonchev–Trinajstić information content (AvgIpc) is 2.69. The fourth-order valence-corrected chi connectivity index (χ4v) is 3.83. The number of para-hydroxylation sites is 1. The molecule has 0 saturated heterocycles. The summed E-state index contributed by atoms with van der Waals surface area (Å²) >= 11 is 5.39. The first-order valence-electron chi connectivity index (χ1n) is 8.92. The number of thiocarbonyl (C=S) groups is 1. The van der Waals surface area contributed by atoms with Gasteiger partial charge >= 0.3 is 0 Å². The summed E-state index contributed by atoms with van der Waals surface area (Å²) in [6.45, 7) is 4.23. The lowest BCUT2D eigenvalue weighted by Crippen LogP contribution is -2.20. The lowest BCUT2D eigenvalue weighted by molar-refractivity contribution is 0.601. The molecule has 0 unspecified atom stereocenters. The number of nitrogens with one attached hydrogen (secondary N) is 3. The van der Waals surface area contributed by atoms with Crippen molar-refractivity contribution in [1.82, 2.24) is 9.97 Å². The number of anilines is 3. The van der Waals surface area contributed by atoms with Crippen LogP contribution in [-0.4, -0.2) is 23.5 Å². The zero-order chi connectivity index (χ0) is 20.9. The van der Waals surface area contributed by atoms with Crippen molar-refractivity contribution in [2.24, 2.45) is 0 Å². The van der Waals surface area contributed by atoms with Gasteiger partial charge in [-0.05, 0) is 60.1 Å². The van der Waals surface area contributed by atoms with E-state index in [0.717, 1.165) is 11.3 Å². The van der Waals surface area contributed by atoms with Crippen LogP contribution in [0.25, 0.3) is 0 Å². The van der Waals surface area contributed by atoms with Crippen molar-refractivity contribution in [3.8, 4) is 0 Å². The molecule has 0 radical (unpaired) electrons. The highest BCUT2D eigenvalue weighted by Gasteiger charge is 2.15. The van der Waals surface area contributed by atoms with E-state index in [1.54, 1.807) is 18.2 Å². The molecule has 0 amide bonds. The van der Waals surface area contributed by atoms with Crippen LogP contribution in [0, 0.1) is 0 Å². The molecule has 29 heavy (non-hydrogen) atoms. The van der Waals surface area contributed by atoms with Crippen molar-refractivity contribution >= 4 is 44.7 Å². The maximum absolute atomic E-state index is 12.4. The number of aromatic nitrogens is 2. The summed E-state index contributed by atoms with van der Waals surface area (Å²) in [4.78, 5) is 7.83. The normalized spacial score (nSPS) is 11.1. The molecule has 0 atom stereocenters. The van der Waals surface area contributed by atoms with E-state index >= 15 is 0 Å².